The molecule has 0 aromatic carbocycles. The van der Waals surface area contributed by atoms with Crippen molar-refractivity contribution in [2.75, 3.05) is 33.5 Å². The van der Waals surface area contributed by atoms with E-state index in [-0.39, 0.29) is 0 Å². The average molecular weight is 231 g/mol. The van der Waals surface area contributed by atoms with Crippen LogP contribution in [0.25, 0.3) is 0 Å². The number of unbranched alkanes of at least 4 members (excludes halogenated alkanes) is 1. The summed E-state index contributed by atoms with van der Waals surface area (Å²) >= 11 is 0. The van der Waals surface area contributed by atoms with Crippen molar-refractivity contribution in [1.82, 2.24) is 0 Å². The van der Waals surface area contributed by atoms with Gasteiger partial charge in [-0.15, -0.1) is 0 Å². The van der Waals surface area contributed by atoms with Crippen molar-refractivity contribution in [3.63, 3.8) is 0 Å². The number of hydrogen-bond donors (Lipinski definition) is 1. The fourth-order valence-electron chi connectivity index (χ4n) is 1.91. The summed E-state index contributed by atoms with van der Waals surface area (Å²) in [5.41, 5.74) is 6.21. The Bertz CT molecular complexity index is 147. The van der Waals surface area contributed by atoms with Gasteiger partial charge in [-0.1, -0.05) is 26.7 Å². The standard InChI is InChI=1S/C13H29NO2/c1-4-6-7-13(5-2,12-14)8-9-16-11-10-15-3/h4-12,14H2,1-3H3. The highest BCUT2D eigenvalue weighted by Crippen LogP contribution is 2.31. The SMILES string of the molecule is CCCCC(CC)(CN)CCOCCOC. The topological polar surface area (TPSA) is 44.5 Å². The minimum Gasteiger partial charge on any atom is -0.382 e. The highest BCUT2D eigenvalue weighted by atomic mass is 16.5. The van der Waals surface area contributed by atoms with E-state index in [1.54, 1.807) is 7.11 Å². The Kier molecular flexibility index (Phi) is 9.99. The zero-order valence-corrected chi connectivity index (χ0v) is 11.3. The second-order valence-corrected chi connectivity index (χ2v) is 4.52. The van der Waals surface area contributed by atoms with E-state index in [2.05, 4.69) is 13.8 Å². The van der Waals surface area contributed by atoms with Crippen LogP contribution < -0.4 is 5.73 Å². The summed E-state index contributed by atoms with van der Waals surface area (Å²) in [6.45, 7) is 7.41. The van der Waals surface area contributed by atoms with Crippen LogP contribution in [0, 0.1) is 5.41 Å². The molecule has 0 aromatic heterocycles. The second kappa shape index (κ2) is 10.1. The molecule has 0 fully saturated rings. The Hall–Kier alpha value is -0.120. The quantitative estimate of drug-likeness (QED) is 0.556. The Morgan fingerprint density at radius 2 is 1.81 bits per heavy atom. The van der Waals surface area contributed by atoms with Gasteiger partial charge in [0.1, 0.15) is 0 Å². The third-order valence-corrected chi connectivity index (χ3v) is 3.45. The molecule has 0 heterocycles. The molecular weight excluding hydrogens is 202 g/mol. The van der Waals surface area contributed by atoms with Crippen LogP contribution in [-0.4, -0.2) is 33.5 Å². The summed E-state index contributed by atoms with van der Waals surface area (Å²) in [6.07, 6.45) is 5.96. The third-order valence-electron chi connectivity index (χ3n) is 3.45. The Morgan fingerprint density at radius 3 is 2.31 bits per heavy atom. The van der Waals surface area contributed by atoms with Crippen molar-refractivity contribution < 1.29 is 9.47 Å². The molecule has 0 aromatic rings. The van der Waals surface area contributed by atoms with E-state index in [0.29, 0.717) is 18.6 Å². The number of hydrogen-bond acceptors (Lipinski definition) is 3. The number of ether oxygens (including phenoxy) is 2. The molecule has 98 valence electrons. The highest BCUT2D eigenvalue weighted by Gasteiger charge is 2.25. The average Bonchev–Trinajstić information content (AvgIpc) is 2.33. The normalized spacial score (nSPS) is 15.0. The van der Waals surface area contributed by atoms with Gasteiger partial charge in [-0.3, -0.25) is 0 Å². The van der Waals surface area contributed by atoms with Crippen LogP contribution in [0.1, 0.15) is 46.0 Å². The molecule has 0 aliphatic carbocycles. The molecule has 0 amide bonds. The predicted molar refractivity (Wildman–Crippen MR) is 68.6 cm³/mol. The smallest absolute Gasteiger partial charge is 0.0700 e. The molecule has 0 aliphatic heterocycles. The minimum absolute atomic E-state index is 0.295. The summed E-state index contributed by atoms with van der Waals surface area (Å²) in [5, 5.41) is 0. The van der Waals surface area contributed by atoms with E-state index in [0.717, 1.165) is 26.0 Å². The largest absolute Gasteiger partial charge is 0.382 e. The lowest BCUT2D eigenvalue weighted by Gasteiger charge is -2.31. The van der Waals surface area contributed by atoms with Crippen LogP contribution in [0.3, 0.4) is 0 Å². The first-order chi connectivity index (χ1) is 7.74. The molecule has 0 radical (unpaired) electrons. The number of rotatable bonds is 11. The first-order valence-electron chi connectivity index (χ1n) is 6.51. The summed E-state index contributed by atoms with van der Waals surface area (Å²) in [4.78, 5) is 0. The molecule has 0 saturated heterocycles. The molecule has 1 unspecified atom stereocenters. The van der Waals surface area contributed by atoms with Gasteiger partial charge in [0, 0.05) is 13.7 Å². The van der Waals surface area contributed by atoms with Crippen LogP contribution in [0.15, 0.2) is 0 Å². The van der Waals surface area contributed by atoms with Gasteiger partial charge in [0.2, 0.25) is 0 Å². The minimum atomic E-state index is 0.295. The van der Waals surface area contributed by atoms with E-state index in [1.165, 1.54) is 19.3 Å². The van der Waals surface area contributed by atoms with E-state index in [4.69, 9.17) is 15.2 Å². The zero-order chi connectivity index (χ0) is 12.3. The number of methoxy groups -OCH3 is 1. The van der Waals surface area contributed by atoms with Crippen LogP contribution in [0.2, 0.25) is 0 Å². The molecule has 0 bridgehead atoms. The fourth-order valence-corrected chi connectivity index (χ4v) is 1.91. The van der Waals surface area contributed by atoms with Crippen molar-refractivity contribution in [3.8, 4) is 0 Å². The van der Waals surface area contributed by atoms with Crippen molar-refractivity contribution in [2.24, 2.45) is 11.1 Å². The number of nitrogens with two attached hydrogens (primary N) is 1. The van der Waals surface area contributed by atoms with E-state index >= 15 is 0 Å². The van der Waals surface area contributed by atoms with Gasteiger partial charge in [-0.2, -0.15) is 0 Å². The maximum Gasteiger partial charge on any atom is 0.0700 e. The monoisotopic (exact) mass is 231 g/mol. The van der Waals surface area contributed by atoms with Crippen LogP contribution in [-0.2, 0) is 9.47 Å². The van der Waals surface area contributed by atoms with Gasteiger partial charge in [0.15, 0.2) is 0 Å². The third kappa shape index (κ3) is 6.46. The fraction of sp³-hybridized carbons (Fsp3) is 1.00. The summed E-state index contributed by atoms with van der Waals surface area (Å²) < 4.78 is 10.5. The molecule has 1 atom stereocenters. The van der Waals surface area contributed by atoms with Gasteiger partial charge in [0.05, 0.1) is 13.2 Å². The van der Waals surface area contributed by atoms with E-state index in [9.17, 15) is 0 Å². The molecule has 0 rings (SSSR count). The molecule has 3 heteroatoms. The second-order valence-electron chi connectivity index (χ2n) is 4.52. The van der Waals surface area contributed by atoms with E-state index < -0.39 is 0 Å². The lowest BCUT2D eigenvalue weighted by molar-refractivity contribution is 0.0489. The Morgan fingerprint density at radius 1 is 1.06 bits per heavy atom. The maximum atomic E-state index is 5.92. The van der Waals surface area contributed by atoms with Crippen molar-refractivity contribution in [1.29, 1.82) is 0 Å². The Balaban J connectivity index is 3.82. The van der Waals surface area contributed by atoms with Crippen LogP contribution in [0.4, 0.5) is 0 Å². The van der Waals surface area contributed by atoms with Gasteiger partial charge >= 0.3 is 0 Å². The van der Waals surface area contributed by atoms with Crippen molar-refractivity contribution in [3.05, 3.63) is 0 Å². The predicted octanol–water partition coefficient (Wildman–Crippen LogP) is 2.58. The lowest BCUT2D eigenvalue weighted by Crippen LogP contribution is -2.31. The molecule has 0 spiro atoms. The zero-order valence-electron chi connectivity index (χ0n) is 11.3. The van der Waals surface area contributed by atoms with Gasteiger partial charge in [-0.05, 0) is 31.2 Å². The highest BCUT2D eigenvalue weighted by molar-refractivity contribution is 4.78. The van der Waals surface area contributed by atoms with Crippen LogP contribution in [0.5, 0.6) is 0 Å². The van der Waals surface area contributed by atoms with Gasteiger partial charge in [0.25, 0.3) is 0 Å². The molecule has 16 heavy (non-hydrogen) atoms. The van der Waals surface area contributed by atoms with Gasteiger partial charge in [-0.25, -0.2) is 0 Å². The molecule has 0 saturated carbocycles. The van der Waals surface area contributed by atoms with Crippen molar-refractivity contribution >= 4 is 0 Å². The first-order valence-corrected chi connectivity index (χ1v) is 6.51. The Labute approximate surface area is 101 Å². The summed E-state index contributed by atoms with van der Waals surface area (Å²) in [7, 11) is 1.70. The molecule has 3 nitrogen and oxygen atoms in total. The van der Waals surface area contributed by atoms with Crippen LogP contribution >= 0.6 is 0 Å². The molecule has 0 aliphatic rings. The lowest BCUT2D eigenvalue weighted by atomic mass is 9.77. The first kappa shape index (κ1) is 15.9. The van der Waals surface area contributed by atoms with E-state index in [1.807, 2.05) is 0 Å². The van der Waals surface area contributed by atoms with Crippen molar-refractivity contribution in [2.45, 2.75) is 46.0 Å². The maximum absolute atomic E-state index is 5.92. The summed E-state index contributed by atoms with van der Waals surface area (Å²) in [6, 6.07) is 0. The molecular formula is C13H29NO2. The molecule has 2 N–H and O–H groups in total. The summed E-state index contributed by atoms with van der Waals surface area (Å²) in [5.74, 6) is 0. The van der Waals surface area contributed by atoms with Gasteiger partial charge < -0.3 is 15.2 Å².